The second-order valence-corrected chi connectivity index (χ2v) is 3.20. The third-order valence-corrected chi connectivity index (χ3v) is 1.98. The van der Waals surface area contributed by atoms with Crippen LogP contribution < -0.4 is 5.32 Å². The number of carbonyl (C=O) groups excluding carboxylic acids is 1. The van der Waals surface area contributed by atoms with E-state index in [4.69, 9.17) is 0 Å². The van der Waals surface area contributed by atoms with E-state index in [0.29, 0.717) is 6.42 Å². The van der Waals surface area contributed by atoms with Crippen LogP contribution in [0.1, 0.15) is 5.56 Å². The molecule has 2 rings (SSSR count). The number of hydrogen-bond donors (Lipinski definition) is 2. The summed E-state index contributed by atoms with van der Waals surface area (Å²) in [6.45, 7) is 0. The molecule has 1 aromatic heterocycles. The van der Waals surface area contributed by atoms with Crippen molar-refractivity contribution in [2.24, 2.45) is 0 Å². The van der Waals surface area contributed by atoms with Crippen molar-refractivity contribution in [2.45, 2.75) is 6.42 Å². The van der Waals surface area contributed by atoms with Crippen LogP contribution in [0.5, 0.6) is 0 Å². The number of carbonyl (C=O) groups is 1. The SMILES string of the molecule is O=C(Cc1cn[nH]c1)Nc1ccccc1. The topological polar surface area (TPSA) is 57.8 Å². The van der Waals surface area contributed by atoms with Gasteiger partial charge in [-0.1, -0.05) is 18.2 Å². The highest BCUT2D eigenvalue weighted by atomic mass is 16.1. The lowest BCUT2D eigenvalue weighted by atomic mass is 10.2. The maximum absolute atomic E-state index is 11.5. The van der Waals surface area contributed by atoms with Gasteiger partial charge in [0.2, 0.25) is 5.91 Å². The van der Waals surface area contributed by atoms with Crippen LogP contribution in [0.2, 0.25) is 0 Å². The quantitative estimate of drug-likeness (QED) is 0.792. The average molecular weight is 201 g/mol. The van der Waals surface area contributed by atoms with Crippen LogP contribution in [-0.2, 0) is 11.2 Å². The highest BCUT2D eigenvalue weighted by Crippen LogP contribution is 2.06. The summed E-state index contributed by atoms with van der Waals surface area (Å²) in [5.74, 6) is -0.0393. The lowest BCUT2D eigenvalue weighted by Gasteiger charge is -2.02. The zero-order valence-corrected chi connectivity index (χ0v) is 8.10. The van der Waals surface area contributed by atoms with Crippen molar-refractivity contribution in [3.63, 3.8) is 0 Å². The molecule has 0 spiro atoms. The Morgan fingerprint density at radius 3 is 2.80 bits per heavy atom. The van der Waals surface area contributed by atoms with E-state index in [1.807, 2.05) is 30.3 Å². The Hall–Kier alpha value is -2.10. The lowest BCUT2D eigenvalue weighted by Crippen LogP contribution is -2.13. The first kappa shape index (κ1) is 9.45. The Kier molecular flexibility index (Phi) is 2.78. The Balaban J connectivity index is 1.94. The number of rotatable bonds is 3. The van der Waals surface area contributed by atoms with Gasteiger partial charge in [-0.3, -0.25) is 9.89 Å². The van der Waals surface area contributed by atoms with Crippen molar-refractivity contribution < 1.29 is 4.79 Å². The Morgan fingerprint density at radius 2 is 2.13 bits per heavy atom. The van der Waals surface area contributed by atoms with Crippen molar-refractivity contribution >= 4 is 11.6 Å². The molecule has 0 bridgehead atoms. The molecule has 0 aliphatic heterocycles. The second kappa shape index (κ2) is 4.41. The van der Waals surface area contributed by atoms with E-state index < -0.39 is 0 Å². The minimum atomic E-state index is -0.0393. The number of nitrogens with zero attached hydrogens (tertiary/aromatic N) is 1. The van der Waals surface area contributed by atoms with Crippen LogP contribution >= 0.6 is 0 Å². The van der Waals surface area contributed by atoms with Gasteiger partial charge in [0.05, 0.1) is 12.6 Å². The van der Waals surface area contributed by atoms with Gasteiger partial charge < -0.3 is 5.32 Å². The summed E-state index contributed by atoms with van der Waals surface area (Å²) in [6.07, 6.45) is 3.69. The molecule has 4 nitrogen and oxygen atoms in total. The van der Waals surface area contributed by atoms with Crippen LogP contribution in [0.25, 0.3) is 0 Å². The van der Waals surface area contributed by atoms with Gasteiger partial charge in [-0.05, 0) is 17.7 Å². The fraction of sp³-hybridized carbons (Fsp3) is 0.0909. The Morgan fingerprint density at radius 1 is 1.33 bits per heavy atom. The molecule has 4 heteroatoms. The molecule has 0 radical (unpaired) electrons. The normalized spacial score (nSPS) is 9.87. The smallest absolute Gasteiger partial charge is 0.228 e. The number of aromatic nitrogens is 2. The summed E-state index contributed by atoms with van der Waals surface area (Å²) in [5.41, 5.74) is 1.69. The van der Waals surface area contributed by atoms with E-state index >= 15 is 0 Å². The molecular formula is C11H11N3O. The lowest BCUT2D eigenvalue weighted by molar-refractivity contribution is -0.115. The highest BCUT2D eigenvalue weighted by molar-refractivity contribution is 5.92. The molecule has 0 aliphatic rings. The molecule has 2 aromatic rings. The molecule has 0 unspecified atom stereocenters. The number of hydrogen-bond acceptors (Lipinski definition) is 2. The van der Waals surface area contributed by atoms with E-state index in [2.05, 4.69) is 15.5 Å². The van der Waals surface area contributed by atoms with Gasteiger partial charge in [-0.2, -0.15) is 5.10 Å². The van der Waals surface area contributed by atoms with E-state index in [0.717, 1.165) is 11.3 Å². The number of nitrogens with one attached hydrogen (secondary N) is 2. The predicted octanol–water partition coefficient (Wildman–Crippen LogP) is 1.59. The average Bonchev–Trinajstić information content (AvgIpc) is 2.71. The van der Waals surface area contributed by atoms with E-state index in [-0.39, 0.29) is 5.91 Å². The largest absolute Gasteiger partial charge is 0.326 e. The summed E-state index contributed by atoms with van der Waals surface area (Å²) in [4.78, 5) is 11.5. The summed E-state index contributed by atoms with van der Waals surface area (Å²) in [5, 5.41) is 9.25. The van der Waals surface area contributed by atoms with E-state index in [1.54, 1.807) is 12.4 Å². The van der Waals surface area contributed by atoms with Crippen molar-refractivity contribution in [2.75, 3.05) is 5.32 Å². The number of anilines is 1. The molecular weight excluding hydrogens is 190 g/mol. The van der Waals surface area contributed by atoms with Crippen molar-refractivity contribution in [1.29, 1.82) is 0 Å². The minimum absolute atomic E-state index is 0.0393. The molecule has 0 saturated carbocycles. The standard InChI is InChI=1S/C11H11N3O/c15-11(6-9-7-12-13-8-9)14-10-4-2-1-3-5-10/h1-5,7-8H,6H2,(H,12,13)(H,14,15). The summed E-state index contributed by atoms with van der Waals surface area (Å²) < 4.78 is 0. The molecule has 0 aliphatic carbocycles. The first-order chi connectivity index (χ1) is 7.34. The molecule has 1 amide bonds. The molecule has 1 heterocycles. The molecule has 0 saturated heterocycles. The zero-order valence-electron chi connectivity index (χ0n) is 8.10. The minimum Gasteiger partial charge on any atom is -0.326 e. The van der Waals surface area contributed by atoms with Gasteiger partial charge in [0, 0.05) is 11.9 Å². The fourth-order valence-corrected chi connectivity index (χ4v) is 1.29. The Bertz CT molecular complexity index is 422. The van der Waals surface area contributed by atoms with Crippen molar-refractivity contribution in [3.05, 3.63) is 48.3 Å². The van der Waals surface area contributed by atoms with Crippen molar-refractivity contribution in [1.82, 2.24) is 10.2 Å². The summed E-state index contributed by atoms with van der Waals surface area (Å²) in [6, 6.07) is 9.38. The number of aromatic amines is 1. The van der Waals surface area contributed by atoms with Gasteiger partial charge in [0.1, 0.15) is 0 Å². The molecule has 0 fully saturated rings. The van der Waals surface area contributed by atoms with Crippen LogP contribution in [0.15, 0.2) is 42.7 Å². The van der Waals surface area contributed by atoms with Gasteiger partial charge in [-0.25, -0.2) is 0 Å². The Labute approximate surface area is 87.3 Å². The number of amides is 1. The molecule has 1 aromatic carbocycles. The first-order valence-electron chi connectivity index (χ1n) is 4.67. The van der Waals surface area contributed by atoms with Crippen LogP contribution in [0.3, 0.4) is 0 Å². The third kappa shape index (κ3) is 2.67. The monoisotopic (exact) mass is 201 g/mol. The predicted molar refractivity (Wildman–Crippen MR) is 57.4 cm³/mol. The highest BCUT2D eigenvalue weighted by Gasteiger charge is 2.03. The van der Waals surface area contributed by atoms with Crippen molar-refractivity contribution in [3.8, 4) is 0 Å². The number of para-hydroxylation sites is 1. The maximum atomic E-state index is 11.5. The van der Waals surface area contributed by atoms with Gasteiger partial charge in [-0.15, -0.1) is 0 Å². The van der Waals surface area contributed by atoms with Crippen LogP contribution in [0, 0.1) is 0 Å². The fourth-order valence-electron chi connectivity index (χ4n) is 1.29. The van der Waals surface area contributed by atoms with Crippen LogP contribution in [-0.4, -0.2) is 16.1 Å². The molecule has 0 atom stereocenters. The summed E-state index contributed by atoms with van der Waals surface area (Å²) in [7, 11) is 0. The van der Waals surface area contributed by atoms with E-state index in [9.17, 15) is 4.79 Å². The van der Waals surface area contributed by atoms with Gasteiger partial charge in [0.15, 0.2) is 0 Å². The molecule has 2 N–H and O–H groups in total. The van der Waals surface area contributed by atoms with Gasteiger partial charge in [0.25, 0.3) is 0 Å². The zero-order chi connectivity index (χ0) is 10.5. The second-order valence-electron chi connectivity index (χ2n) is 3.20. The number of H-pyrrole nitrogens is 1. The van der Waals surface area contributed by atoms with Gasteiger partial charge >= 0.3 is 0 Å². The van der Waals surface area contributed by atoms with Crippen LogP contribution in [0.4, 0.5) is 5.69 Å². The first-order valence-corrected chi connectivity index (χ1v) is 4.67. The maximum Gasteiger partial charge on any atom is 0.228 e. The molecule has 15 heavy (non-hydrogen) atoms. The summed E-state index contributed by atoms with van der Waals surface area (Å²) >= 11 is 0. The number of benzene rings is 1. The van der Waals surface area contributed by atoms with E-state index in [1.165, 1.54) is 0 Å². The molecule has 76 valence electrons. The third-order valence-electron chi connectivity index (χ3n) is 1.98.